The van der Waals surface area contributed by atoms with Crippen LogP contribution in [0.15, 0.2) is 0 Å². The first kappa shape index (κ1) is 6.72. The Balaban J connectivity index is 3.14. The van der Waals surface area contributed by atoms with Crippen LogP contribution in [0.25, 0.3) is 0 Å². The van der Waals surface area contributed by atoms with Gasteiger partial charge in [0.1, 0.15) is 0 Å². The minimum Gasteiger partial charge on any atom is -0.243 e. The van der Waals surface area contributed by atoms with Gasteiger partial charge in [-0.15, -0.1) is 5.10 Å². The van der Waals surface area contributed by atoms with Gasteiger partial charge >= 0.3 is 0 Å². The average Bonchev–Trinajstić information content (AvgIpc) is 1.85. The molecule has 0 radical (unpaired) electrons. The number of hydrogen-bond acceptors (Lipinski definition) is 2. The molecule has 0 bridgehead atoms. The Kier molecular flexibility index (Phi) is 2.07. The lowest BCUT2D eigenvalue weighted by molar-refractivity contribution is 0.738. The predicted octanol–water partition coefficient (Wildman–Crippen LogP) is 1.02. The first-order valence-corrected chi connectivity index (χ1v) is 4.08. The fourth-order valence-electron chi connectivity index (χ4n) is 0.336. The van der Waals surface area contributed by atoms with Crippen molar-refractivity contribution in [2.45, 2.75) is 0 Å². The number of hydrogen-bond donors (Lipinski definition) is 0. The maximum Gasteiger partial charge on any atom is 0.212 e. The van der Waals surface area contributed by atoms with Gasteiger partial charge in [-0.1, -0.05) is 0 Å². The molecular formula is C3H3I2N3. The summed E-state index contributed by atoms with van der Waals surface area (Å²) in [5.74, 6) is 0. The summed E-state index contributed by atoms with van der Waals surface area (Å²) >= 11 is 4.21. The van der Waals surface area contributed by atoms with Gasteiger partial charge in [0.15, 0.2) is 3.83 Å². The summed E-state index contributed by atoms with van der Waals surface area (Å²) in [6.07, 6.45) is 0. The van der Waals surface area contributed by atoms with Crippen LogP contribution in [0.2, 0.25) is 0 Å². The van der Waals surface area contributed by atoms with Crippen molar-refractivity contribution in [2.24, 2.45) is 7.05 Å². The average molecular weight is 335 g/mol. The Morgan fingerprint density at radius 1 is 1.50 bits per heavy atom. The molecule has 0 fully saturated rings. The fourth-order valence-corrected chi connectivity index (χ4v) is 1.69. The third-order valence-corrected chi connectivity index (χ3v) is 2.08. The van der Waals surface area contributed by atoms with Gasteiger partial charge in [-0.25, -0.2) is 4.68 Å². The van der Waals surface area contributed by atoms with E-state index in [-0.39, 0.29) is 0 Å². The standard InChI is InChI=1S/C3H3I2N3/c1-8-3(5)6-2(4)7-8/h1H3. The Labute approximate surface area is 74.1 Å². The summed E-state index contributed by atoms with van der Waals surface area (Å²) in [5.41, 5.74) is 0. The molecule has 0 aliphatic heterocycles. The van der Waals surface area contributed by atoms with Crippen molar-refractivity contribution < 1.29 is 0 Å². The van der Waals surface area contributed by atoms with Crippen molar-refractivity contribution in [1.29, 1.82) is 0 Å². The van der Waals surface area contributed by atoms with Gasteiger partial charge in [-0.3, -0.25) is 0 Å². The highest BCUT2D eigenvalue weighted by molar-refractivity contribution is 14.1. The molecule has 1 heterocycles. The van der Waals surface area contributed by atoms with Gasteiger partial charge in [-0.05, 0) is 0 Å². The normalized spacial score (nSPS) is 9.88. The van der Waals surface area contributed by atoms with E-state index in [1.807, 2.05) is 7.05 Å². The molecule has 44 valence electrons. The number of halogens is 2. The van der Waals surface area contributed by atoms with E-state index in [9.17, 15) is 0 Å². The molecule has 0 aliphatic rings. The summed E-state index contributed by atoms with van der Waals surface area (Å²) in [5, 5.41) is 4.00. The molecule has 0 spiro atoms. The van der Waals surface area contributed by atoms with E-state index in [4.69, 9.17) is 0 Å². The van der Waals surface area contributed by atoms with Crippen molar-refractivity contribution in [1.82, 2.24) is 14.8 Å². The first-order valence-electron chi connectivity index (χ1n) is 1.92. The highest BCUT2D eigenvalue weighted by atomic mass is 127. The van der Waals surface area contributed by atoms with Crippen LogP contribution in [0.5, 0.6) is 0 Å². The lowest BCUT2D eigenvalue weighted by atomic mass is 11.2. The van der Waals surface area contributed by atoms with Gasteiger partial charge in [0.05, 0.1) is 0 Å². The Morgan fingerprint density at radius 2 is 2.12 bits per heavy atom. The smallest absolute Gasteiger partial charge is 0.212 e. The van der Waals surface area contributed by atoms with E-state index in [1.54, 1.807) is 4.68 Å². The van der Waals surface area contributed by atoms with Crippen molar-refractivity contribution >= 4 is 45.2 Å². The molecule has 0 saturated carbocycles. The highest BCUT2D eigenvalue weighted by Gasteiger charge is 1.96. The minimum atomic E-state index is 0.800. The van der Waals surface area contributed by atoms with E-state index >= 15 is 0 Å². The van der Waals surface area contributed by atoms with Crippen LogP contribution in [0.4, 0.5) is 0 Å². The van der Waals surface area contributed by atoms with Crippen molar-refractivity contribution in [3.8, 4) is 0 Å². The van der Waals surface area contributed by atoms with Gasteiger partial charge in [0.25, 0.3) is 0 Å². The van der Waals surface area contributed by atoms with Crippen LogP contribution in [0.3, 0.4) is 0 Å². The lowest BCUT2D eigenvalue weighted by Gasteiger charge is -1.82. The minimum absolute atomic E-state index is 0.800. The zero-order chi connectivity index (χ0) is 6.15. The topological polar surface area (TPSA) is 30.7 Å². The molecule has 8 heavy (non-hydrogen) atoms. The molecule has 0 unspecified atom stereocenters. The van der Waals surface area contributed by atoms with E-state index in [0.29, 0.717) is 0 Å². The molecule has 0 aliphatic carbocycles. The maximum absolute atomic E-state index is 4.04. The second-order valence-electron chi connectivity index (χ2n) is 1.27. The van der Waals surface area contributed by atoms with E-state index in [1.165, 1.54) is 0 Å². The predicted molar refractivity (Wildman–Crippen MR) is 46.4 cm³/mol. The quantitative estimate of drug-likeness (QED) is 0.663. The summed E-state index contributed by atoms with van der Waals surface area (Å²) in [6, 6.07) is 0. The van der Waals surface area contributed by atoms with Gasteiger partial charge in [-0.2, -0.15) is 4.98 Å². The van der Waals surface area contributed by atoms with Gasteiger partial charge in [0, 0.05) is 52.2 Å². The van der Waals surface area contributed by atoms with Crippen LogP contribution in [-0.2, 0) is 7.05 Å². The molecular weight excluding hydrogens is 332 g/mol. The Morgan fingerprint density at radius 3 is 2.25 bits per heavy atom. The van der Waals surface area contributed by atoms with Crippen LogP contribution < -0.4 is 0 Å². The molecule has 1 rings (SSSR count). The molecule has 3 nitrogen and oxygen atoms in total. The summed E-state index contributed by atoms with van der Waals surface area (Å²) in [7, 11) is 1.87. The van der Waals surface area contributed by atoms with Crippen molar-refractivity contribution in [3.63, 3.8) is 0 Å². The molecule has 0 atom stereocenters. The maximum atomic E-state index is 4.04. The zero-order valence-corrected chi connectivity index (χ0v) is 8.41. The lowest BCUT2D eigenvalue weighted by Crippen LogP contribution is -1.92. The third kappa shape index (κ3) is 1.30. The zero-order valence-electron chi connectivity index (χ0n) is 4.10. The fraction of sp³-hybridized carbons (Fsp3) is 0.333. The van der Waals surface area contributed by atoms with Crippen LogP contribution in [-0.4, -0.2) is 14.8 Å². The molecule has 0 amide bonds. The Bertz CT molecular complexity index is 175. The second kappa shape index (κ2) is 2.46. The molecule has 1 aromatic rings. The van der Waals surface area contributed by atoms with Gasteiger partial charge in [0.2, 0.25) is 3.83 Å². The molecule has 0 N–H and O–H groups in total. The monoisotopic (exact) mass is 335 g/mol. The molecule has 1 aromatic heterocycles. The van der Waals surface area contributed by atoms with Crippen LogP contribution in [0.1, 0.15) is 0 Å². The largest absolute Gasteiger partial charge is 0.243 e. The van der Waals surface area contributed by atoms with E-state index < -0.39 is 0 Å². The van der Waals surface area contributed by atoms with Crippen LogP contribution in [0, 0.1) is 7.66 Å². The van der Waals surface area contributed by atoms with Crippen molar-refractivity contribution in [2.75, 3.05) is 0 Å². The number of rotatable bonds is 0. The first-order chi connectivity index (χ1) is 3.70. The van der Waals surface area contributed by atoms with Gasteiger partial charge < -0.3 is 0 Å². The van der Waals surface area contributed by atoms with E-state index in [0.717, 1.165) is 7.66 Å². The SMILES string of the molecule is Cn1nc(I)nc1I. The molecule has 5 heteroatoms. The van der Waals surface area contributed by atoms with Crippen LogP contribution >= 0.6 is 45.2 Å². The number of nitrogens with zero attached hydrogens (tertiary/aromatic N) is 3. The van der Waals surface area contributed by atoms with E-state index in [2.05, 4.69) is 55.3 Å². The third-order valence-electron chi connectivity index (χ3n) is 0.684. The van der Waals surface area contributed by atoms with Crippen molar-refractivity contribution in [3.05, 3.63) is 7.66 Å². The number of aryl methyl sites for hydroxylation is 1. The summed E-state index contributed by atoms with van der Waals surface area (Å²) < 4.78 is 3.46. The molecule has 0 saturated heterocycles. The summed E-state index contributed by atoms with van der Waals surface area (Å²) in [4.78, 5) is 4.04. The highest BCUT2D eigenvalue weighted by Crippen LogP contribution is 2.01. The number of aromatic nitrogens is 3. The molecule has 0 aromatic carbocycles. The second-order valence-corrected chi connectivity index (χ2v) is 3.20. The summed E-state index contributed by atoms with van der Waals surface area (Å²) in [6.45, 7) is 0. The Hall–Kier alpha value is 0.600.